The first-order valence-corrected chi connectivity index (χ1v) is 5.35. The van der Waals surface area contributed by atoms with Gasteiger partial charge < -0.3 is 5.32 Å². The van der Waals surface area contributed by atoms with Crippen molar-refractivity contribution < 1.29 is 4.79 Å². The fourth-order valence-corrected chi connectivity index (χ4v) is 2.07. The smallest absolute Gasteiger partial charge is 0.140 e. The number of Topliss-reactive ketones (excluding diaryl/α,β-unsaturated/α-hetero) is 1. The Hall–Kier alpha value is -0.370. The summed E-state index contributed by atoms with van der Waals surface area (Å²) in [5, 5.41) is 3.30. The lowest BCUT2D eigenvalue weighted by Crippen LogP contribution is -2.33. The van der Waals surface area contributed by atoms with Gasteiger partial charge in [-0.25, -0.2) is 0 Å². The van der Waals surface area contributed by atoms with E-state index in [4.69, 9.17) is 0 Å². The molecule has 1 aliphatic rings. The minimum absolute atomic E-state index is 0.0235. The molecule has 0 radical (unpaired) electrons. The van der Waals surface area contributed by atoms with E-state index >= 15 is 0 Å². The molecule has 0 aromatic heterocycles. The molecule has 0 bridgehead atoms. The van der Waals surface area contributed by atoms with Crippen molar-refractivity contribution in [2.75, 3.05) is 13.1 Å². The Morgan fingerprint density at radius 1 is 1.54 bits per heavy atom. The topological polar surface area (TPSA) is 29.1 Å². The van der Waals surface area contributed by atoms with Gasteiger partial charge in [0.1, 0.15) is 5.78 Å². The average molecular weight is 183 g/mol. The van der Waals surface area contributed by atoms with Gasteiger partial charge in [0.25, 0.3) is 0 Å². The number of nitrogens with one attached hydrogen (secondary N) is 1. The van der Waals surface area contributed by atoms with Crippen LogP contribution >= 0.6 is 0 Å². The van der Waals surface area contributed by atoms with E-state index < -0.39 is 0 Å². The molecule has 1 fully saturated rings. The number of carbonyl (C=O) groups excluding carboxylic acids is 1. The first-order valence-electron chi connectivity index (χ1n) is 5.35. The highest BCUT2D eigenvalue weighted by atomic mass is 16.1. The molecular weight excluding hydrogens is 162 g/mol. The summed E-state index contributed by atoms with van der Waals surface area (Å²) < 4.78 is 0. The maximum Gasteiger partial charge on any atom is 0.140 e. The van der Waals surface area contributed by atoms with Crippen molar-refractivity contribution in [2.45, 2.75) is 40.0 Å². The molecule has 2 heteroatoms. The molecule has 2 nitrogen and oxygen atoms in total. The first-order chi connectivity index (χ1) is 6.10. The second kappa shape index (κ2) is 4.23. The van der Waals surface area contributed by atoms with Crippen molar-refractivity contribution in [1.29, 1.82) is 0 Å². The highest BCUT2D eigenvalue weighted by Crippen LogP contribution is 2.32. The number of ketones is 1. The van der Waals surface area contributed by atoms with Crippen LogP contribution in [0.25, 0.3) is 0 Å². The predicted octanol–water partition coefficient (Wildman–Crippen LogP) is 1.99. The van der Waals surface area contributed by atoms with Gasteiger partial charge in [0.05, 0.1) is 0 Å². The normalized spacial score (nSPS) is 28.3. The molecule has 0 spiro atoms. The van der Waals surface area contributed by atoms with Crippen molar-refractivity contribution in [2.24, 2.45) is 11.3 Å². The van der Waals surface area contributed by atoms with Gasteiger partial charge in [-0.3, -0.25) is 4.79 Å². The van der Waals surface area contributed by atoms with Crippen LogP contribution in [-0.2, 0) is 4.79 Å². The molecule has 1 atom stereocenters. The van der Waals surface area contributed by atoms with Crippen LogP contribution in [0.5, 0.6) is 0 Å². The number of hydrogen-bond donors (Lipinski definition) is 1. The summed E-state index contributed by atoms with van der Waals surface area (Å²) in [6.07, 6.45) is 2.77. The van der Waals surface area contributed by atoms with Gasteiger partial charge in [-0.05, 0) is 25.3 Å². The van der Waals surface area contributed by atoms with Crippen LogP contribution in [0.4, 0.5) is 0 Å². The van der Waals surface area contributed by atoms with E-state index in [1.54, 1.807) is 0 Å². The molecule has 76 valence electrons. The van der Waals surface area contributed by atoms with E-state index in [9.17, 15) is 4.79 Å². The summed E-state index contributed by atoms with van der Waals surface area (Å²) in [6, 6.07) is 0. The highest BCUT2D eigenvalue weighted by Gasteiger charge is 2.38. The fourth-order valence-electron chi connectivity index (χ4n) is 2.07. The Bertz CT molecular complexity index is 181. The van der Waals surface area contributed by atoms with Crippen LogP contribution in [0.2, 0.25) is 0 Å². The van der Waals surface area contributed by atoms with Crippen molar-refractivity contribution in [3.05, 3.63) is 0 Å². The second-order valence-corrected chi connectivity index (χ2v) is 4.58. The van der Waals surface area contributed by atoms with Gasteiger partial charge in [0, 0.05) is 18.4 Å². The zero-order chi connectivity index (χ0) is 9.90. The van der Waals surface area contributed by atoms with E-state index in [2.05, 4.69) is 26.1 Å². The average Bonchev–Trinajstić information content (AvgIpc) is 2.51. The van der Waals surface area contributed by atoms with Crippen molar-refractivity contribution in [3.8, 4) is 0 Å². The number of hydrogen-bond acceptors (Lipinski definition) is 2. The fraction of sp³-hybridized carbons (Fsp3) is 0.909. The zero-order valence-electron chi connectivity index (χ0n) is 9.02. The Morgan fingerprint density at radius 2 is 2.23 bits per heavy atom. The Balaban J connectivity index is 2.60. The maximum absolute atomic E-state index is 12.0. The lowest BCUT2D eigenvalue weighted by Gasteiger charge is -2.25. The summed E-state index contributed by atoms with van der Waals surface area (Å²) >= 11 is 0. The Labute approximate surface area is 81.1 Å². The predicted molar refractivity (Wildman–Crippen MR) is 54.7 cm³/mol. The highest BCUT2D eigenvalue weighted by molar-refractivity contribution is 5.85. The molecule has 0 aromatic carbocycles. The summed E-state index contributed by atoms with van der Waals surface area (Å²) in [7, 11) is 0. The van der Waals surface area contributed by atoms with Crippen LogP contribution in [0.3, 0.4) is 0 Å². The van der Waals surface area contributed by atoms with E-state index in [1.807, 2.05) is 0 Å². The zero-order valence-corrected chi connectivity index (χ0v) is 9.02. The van der Waals surface area contributed by atoms with Gasteiger partial charge in [-0.15, -0.1) is 0 Å². The minimum Gasteiger partial charge on any atom is -0.316 e. The minimum atomic E-state index is -0.0235. The molecule has 0 aromatic rings. The second-order valence-electron chi connectivity index (χ2n) is 4.58. The third-order valence-corrected chi connectivity index (χ3v) is 3.11. The molecule has 1 saturated heterocycles. The molecule has 1 unspecified atom stereocenters. The van der Waals surface area contributed by atoms with E-state index in [-0.39, 0.29) is 5.41 Å². The lowest BCUT2D eigenvalue weighted by molar-refractivity contribution is -0.128. The summed E-state index contributed by atoms with van der Waals surface area (Å²) in [4.78, 5) is 12.0. The van der Waals surface area contributed by atoms with Gasteiger partial charge >= 0.3 is 0 Å². The maximum atomic E-state index is 12.0. The quantitative estimate of drug-likeness (QED) is 0.722. The molecule has 1 rings (SSSR count). The Kier molecular flexibility index (Phi) is 3.48. The summed E-state index contributed by atoms with van der Waals surface area (Å²) in [5.74, 6) is 0.964. The number of carbonyl (C=O) groups is 1. The van der Waals surface area contributed by atoms with Crippen molar-refractivity contribution in [3.63, 3.8) is 0 Å². The van der Waals surface area contributed by atoms with E-state index in [0.29, 0.717) is 11.7 Å². The summed E-state index contributed by atoms with van der Waals surface area (Å²) in [6.45, 7) is 8.27. The van der Waals surface area contributed by atoms with Crippen LogP contribution in [0.1, 0.15) is 40.0 Å². The third kappa shape index (κ3) is 2.31. The molecule has 0 aliphatic carbocycles. The largest absolute Gasteiger partial charge is 0.316 e. The van der Waals surface area contributed by atoms with Crippen LogP contribution in [0.15, 0.2) is 0 Å². The number of rotatable bonds is 4. The summed E-state index contributed by atoms with van der Waals surface area (Å²) in [5.41, 5.74) is -0.0235. The molecule has 1 aliphatic heterocycles. The van der Waals surface area contributed by atoms with Crippen molar-refractivity contribution >= 4 is 5.78 Å². The Morgan fingerprint density at radius 3 is 2.62 bits per heavy atom. The van der Waals surface area contributed by atoms with Crippen LogP contribution in [-0.4, -0.2) is 18.9 Å². The standard InChI is InChI=1S/C11H21NO/c1-4-11(5-6-12-8-11)10(13)7-9(2)3/h9,12H,4-8H2,1-3H3. The monoisotopic (exact) mass is 183 g/mol. The molecule has 1 N–H and O–H groups in total. The van der Waals surface area contributed by atoms with Crippen LogP contribution < -0.4 is 5.32 Å². The SMILES string of the molecule is CCC1(C(=O)CC(C)C)CCNC1. The lowest BCUT2D eigenvalue weighted by atomic mass is 9.77. The molecule has 0 amide bonds. The van der Waals surface area contributed by atoms with Crippen LogP contribution in [0, 0.1) is 11.3 Å². The molecular formula is C11H21NO. The van der Waals surface area contributed by atoms with E-state index in [1.165, 1.54) is 0 Å². The van der Waals surface area contributed by atoms with Crippen molar-refractivity contribution in [1.82, 2.24) is 5.32 Å². The van der Waals surface area contributed by atoms with Gasteiger partial charge in [0.2, 0.25) is 0 Å². The van der Waals surface area contributed by atoms with Gasteiger partial charge in [-0.2, -0.15) is 0 Å². The van der Waals surface area contributed by atoms with Gasteiger partial charge in [-0.1, -0.05) is 20.8 Å². The third-order valence-electron chi connectivity index (χ3n) is 3.11. The van der Waals surface area contributed by atoms with E-state index in [0.717, 1.165) is 32.4 Å². The van der Waals surface area contributed by atoms with Gasteiger partial charge in [0.15, 0.2) is 0 Å². The first kappa shape index (κ1) is 10.7. The molecule has 0 saturated carbocycles. The molecule has 1 heterocycles. The molecule has 13 heavy (non-hydrogen) atoms.